The highest BCUT2D eigenvalue weighted by Crippen LogP contribution is 2.18. The zero-order valence-electron chi connectivity index (χ0n) is 9.15. The first-order valence-corrected chi connectivity index (χ1v) is 5.64. The van der Waals surface area contributed by atoms with Gasteiger partial charge in [-0.2, -0.15) is 0 Å². The Balaban J connectivity index is 1.97. The third-order valence-corrected chi connectivity index (χ3v) is 2.88. The van der Waals surface area contributed by atoms with Crippen LogP contribution in [0.15, 0.2) is 24.5 Å². The van der Waals surface area contributed by atoms with Gasteiger partial charge >= 0.3 is 0 Å². The lowest BCUT2D eigenvalue weighted by Crippen LogP contribution is -2.32. The summed E-state index contributed by atoms with van der Waals surface area (Å²) in [5, 5.41) is 3.63. The third kappa shape index (κ3) is 2.76. The fourth-order valence-corrected chi connectivity index (χ4v) is 2.00. The van der Waals surface area contributed by atoms with Crippen molar-refractivity contribution in [2.45, 2.75) is 31.8 Å². The van der Waals surface area contributed by atoms with E-state index in [4.69, 9.17) is 4.74 Å². The number of aromatic nitrogens is 1. The zero-order chi connectivity index (χ0) is 10.5. The molecular weight excluding hydrogens is 188 g/mol. The molecule has 0 aromatic carbocycles. The summed E-state index contributed by atoms with van der Waals surface area (Å²) in [5.41, 5.74) is 1.32. The molecule has 2 unspecified atom stereocenters. The van der Waals surface area contributed by atoms with Gasteiger partial charge in [0.25, 0.3) is 0 Å². The Hall–Kier alpha value is -0.930. The van der Waals surface area contributed by atoms with Crippen molar-refractivity contribution >= 4 is 0 Å². The second kappa shape index (κ2) is 5.24. The summed E-state index contributed by atoms with van der Waals surface area (Å²) in [6.45, 7) is 3.94. The third-order valence-electron chi connectivity index (χ3n) is 2.88. The van der Waals surface area contributed by atoms with Crippen LogP contribution in [0.2, 0.25) is 0 Å². The molecule has 3 heteroatoms. The fourth-order valence-electron chi connectivity index (χ4n) is 2.00. The van der Waals surface area contributed by atoms with Gasteiger partial charge in [0.1, 0.15) is 0 Å². The lowest BCUT2D eigenvalue weighted by atomic mass is 10.0. The van der Waals surface area contributed by atoms with Crippen molar-refractivity contribution in [1.82, 2.24) is 10.3 Å². The van der Waals surface area contributed by atoms with E-state index in [1.165, 1.54) is 5.56 Å². The van der Waals surface area contributed by atoms with Crippen molar-refractivity contribution in [2.75, 3.05) is 13.2 Å². The van der Waals surface area contributed by atoms with Crippen LogP contribution < -0.4 is 5.32 Å². The lowest BCUT2D eigenvalue weighted by molar-refractivity contribution is 0.187. The van der Waals surface area contributed by atoms with Gasteiger partial charge in [0.15, 0.2) is 0 Å². The molecular formula is C12H18N2O. The Labute approximate surface area is 90.9 Å². The minimum absolute atomic E-state index is 0.430. The molecule has 1 fully saturated rings. The summed E-state index contributed by atoms with van der Waals surface area (Å²) in [6.07, 6.45) is 5.93. The van der Waals surface area contributed by atoms with E-state index < -0.39 is 0 Å². The summed E-state index contributed by atoms with van der Waals surface area (Å²) in [6, 6.07) is 5.11. The molecule has 0 spiro atoms. The van der Waals surface area contributed by atoms with Crippen LogP contribution in [-0.2, 0) is 4.74 Å². The van der Waals surface area contributed by atoms with Crippen molar-refractivity contribution in [1.29, 1.82) is 0 Å². The van der Waals surface area contributed by atoms with Crippen LogP contribution in [0, 0.1) is 0 Å². The topological polar surface area (TPSA) is 34.1 Å². The zero-order valence-corrected chi connectivity index (χ0v) is 9.15. The lowest BCUT2D eigenvalue weighted by Gasteiger charge is -2.21. The van der Waals surface area contributed by atoms with Gasteiger partial charge in [0.2, 0.25) is 0 Å². The normalized spacial score (nSPS) is 22.9. The standard InChI is InChI=1S/C12H18N2O/c1-2-12(10-3-6-13-7-4-10)14-11-5-8-15-9-11/h3-4,6-7,11-12,14H,2,5,8-9H2,1H3. The van der Waals surface area contributed by atoms with E-state index in [1.54, 1.807) is 0 Å². The number of rotatable bonds is 4. The van der Waals surface area contributed by atoms with Crippen LogP contribution in [0.3, 0.4) is 0 Å². The van der Waals surface area contributed by atoms with Gasteiger partial charge in [-0.3, -0.25) is 4.98 Å². The van der Waals surface area contributed by atoms with Gasteiger partial charge in [-0.05, 0) is 30.5 Å². The highest BCUT2D eigenvalue weighted by molar-refractivity contribution is 5.15. The Morgan fingerprint density at radius 1 is 1.53 bits per heavy atom. The molecule has 1 N–H and O–H groups in total. The summed E-state index contributed by atoms with van der Waals surface area (Å²) < 4.78 is 5.36. The Morgan fingerprint density at radius 3 is 2.93 bits per heavy atom. The molecule has 1 aliphatic heterocycles. The van der Waals surface area contributed by atoms with Gasteiger partial charge in [-0.25, -0.2) is 0 Å². The molecule has 15 heavy (non-hydrogen) atoms. The van der Waals surface area contributed by atoms with E-state index in [1.807, 2.05) is 12.4 Å². The SMILES string of the molecule is CCC(NC1CCOC1)c1ccncc1. The molecule has 1 aromatic rings. The summed E-state index contributed by atoms with van der Waals surface area (Å²) in [4.78, 5) is 4.04. The van der Waals surface area contributed by atoms with Gasteiger partial charge in [0, 0.05) is 31.1 Å². The molecule has 1 aromatic heterocycles. The predicted octanol–water partition coefficient (Wildman–Crippen LogP) is 1.91. The second-order valence-electron chi connectivity index (χ2n) is 3.97. The molecule has 2 atom stereocenters. The molecule has 0 saturated carbocycles. The molecule has 1 aliphatic rings. The van der Waals surface area contributed by atoms with Crippen LogP contribution in [0.25, 0.3) is 0 Å². The fraction of sp³-hybridized carbons (Fsp3) is 0.583. The average Bonchev–Trinajstić information content (AvgIpc) is 2.80. The first kappa shape index (κ1) is 10.6. The second-order valence-corrected chi connectivity index (χ2v) is 3.97. The highest BCUT2D eigenvalue weighted by Gasteiger charge is 2.19. The van der Waals surface area contributed by atoms with Crippen LogP contribution in [-0.4, -0.2) is 24.2 Å². The summed E-state index contributed by atoms with van der Waals surface area (Å²) in [7, 11) is 0. The molecule has 0 aliphatic carbocycles. The average molecular weight is 206 g/mol. The predicted molar refractivity (Wildman–Crippen MR) is 59.6 cm³/mol. The highest BCUT2D eigenvalue weighted by atomic mass is 16.5. The van der Waals surface area contributed by atoms with E-state index in [-0.39, 0.29) is 0 Å². The van der Waals surface area contributed by atoms with Crippen LogP contribution >= 0.6 is 0 Å². The molecule has 0 bridgehead atoms. The molecule has 3 nitrogen and oxygen atoms in total. The van der Waals surface area contributed by atoms with E-state index in [9.17, 15) is 0 Å². The van der Waals surface area contributed by atoms with Crippen LogP contribution in [0.4, 0.5) is 0 Å². The smallest absolute Gasteiger partial charge is 0.0620 e. The van der Waals surface area contributed by atoms with E-state index >= 15 is 0 Å². The monoisotopic (exact) mass is 206 g/mol. The number of pyridine rings is 1. The van der Waals surface area contributed by atoms with Gasteiger partial charge in [0.05, 0.1) is 6.61 Å². The van der Waals surface area contributed by atoms with Crippen LogP contribution in [0.1, 0.15) is 31.4 Å². The molecule has 2 rings (SSSR count). The number of ether oxygens (including phenoxy) is 1. The number of nitrogens with zero attached hydrogens (tertiary/aromatic N) is 1. The minimum Gasteiger partial charge on any atom is -0.380 e. The largest absolute Gasteiger partial charge is 0.380 e. The molecule has 0 radical (unpaired) electrons. The maximum atomic E-state index is 5.36. The van der Waals surface area contributed by atoms with Crippen molar-refractivity contribution in [3.63, 3.8) is 0 Å². The number of nitrogens with one attached hydrogen (secondary N) is 1. The summed E-state index contributed by atoms with van der Waals surface area (Å²) in [5.74, 6) is 0. The van der Waals surface area contributed by atoms with Crippen molar-refractivity contribution in [3.05, 3.63) is 30.1 Å². The first-order chi connectivity index (χ1) is 7.40. The Kier molecular flexibility index (Phi) is 3.69. The van der Waals surface area contributed by atoms with E-state index in [0.717, 1.165) is 26.1 Å². The van der Waals surface area contributed by atoms with Crippen molar-refractivity contribution < 1.29 is 4.74 Å². The van der Waals surface area contributed by atoms with Crippen molar-refractivity contribution in [3.8, 4) is 0 Å². The minimum atomic E-state index is 0.430. The molecule has 82 valence electrons. The van der Waals surface area contributed by atoms with Gasteiger partial charge < -0.3 is 10.1 Å². The quantitative estimate of drug-likeness (QED) is 0.817. The van der Waals surface area contributed by atoms with E-state index in [0.29, 0.717) is 12.1 Å². The Bertz CT molecular complexity index is 283. The maximum absolute atomic E-state index is 5.36. The van der Waals surface area contributed by atoms with E-state index in [2.05, 4.69) is 29.4 Å². The molecule has 2 heterocycles. The first-order valence-electron chi connectivity index (χ1n) is 5.64. The van der Waals surface area contributed by atoms with Crippen molar-refractivity contribution in [2.24, 2.45) is 0 Å². The number of hydrogen-bond acceptors (Lipinski definition) is 3. The Morgan fingerprint density at radius 2 is 2.33 bits per heavy atom. The molecule has 0 amide bonds. The molecule has 1 saturated heterocycles. The maximum Gasteiger partial charge on any atom is 0.0620 e. The number of hydrogen-bond donors (Lipinski definition) is 1. The van der Waals surface area contributed by atoms with Gasteiger partial charge in [-0.15, -0.1) is 0 Å². The van der Waals surface area contributed by atoms with Crippen LogP contribution in [0.5, 0.6) is 0 Å². The van der Waals surface area contributed by atoms with Gasteiger partial charge in [-0.1, -0.05) is 6.92 Å². The summed E-state index contributed by atoms with van der Waals surface area (Å²) >= 11 is 0.